The molecule has 0 aliphatic carbocycles. The van der Waals surface area contributed by atoms with Gasteiger partial charge in [-0.2, -0.15) is 0 Å². The van der Waals surface area contributed by atoms with Crippen molar-refractivity contribution in [1.29, 1.82) is 0 Å². The molecule has 1 aliphatic rings. The first-order valence-electron chi connectivity index (χ1n) is 8.14. The van der Waals surface area contributed by atoms with Crippen LogP contribution >= 0.6 is 11.8 Å². The smallest absolute Gasteiger partial charge is 0.264 e. The molecule has 0 saturated carbocycles. The van der Waals surface area contributed by atoms with E-state index >= 15 is 0 Å². The number of nitrogens with zero attached hydrogens (tertiary/aromatic N) is 1. The van der Waals surface area contributed by atoms with Crippen molar-refractivity contribution in [2.45, 2.75) is 23.5 Å². The van der Waals surface area contributed by atoms with Crippen LogP contribution in [0, 0.1) is 0 Å². The second-order valence-corrected chi connectivity index (χ2v) is 7.36. The summed E-state index contributed by atoms with van der Waals surface area (Å²) in [7, 11) is 0. The van der Waals surface area contributed by atoms with Gasteiger partial charge in [0.15, 0.2) is 6.61 Å². The van der Waals surface area contributed by atoms with Gasteiger partial charge in [-0.1, -0.05) is 31.2 Å². The summed E-state index contributed by atoms with van der Waals surface area (Å²) in [5, 5.41) is 0.440. The molecule has 6 heteroatoms. The van der Waals surface area contributed by atoms with Crippen molar-refractivity contribution in [3.05, 3.63) is 54.1 Å². The van der Waals surface area contributed by atoms with Crippen LogP contribution in [0.2, 0.25) is 0 Å². The van der Waals surface area contributed by atoms with Crippen molar-refractivity contribution in [3.8, 4) is 5.75 Å². The molecule has 0 aromatic heterocycles. The molecule has 25 heavy (non-hydrogen) atoms. The average molecular weight is 356 g/mol. The van der Waals surface area contributed by atoms with E-state index in [1.807, 2.05) is 24.3 Å². The van der Waals surface area contributed by atoms with E-state index in [0.717, 1.165) is 17.0 Å². The van der Waals surface area contributed by atoms with Crippen LogP contribution in [-0.4, -0.2) is 30.2 Å². The Morgan fingerprint density at radius 1 is 1.20 bits per heavy atom. The molecule has 3 rings (SSSR count). The number of carbonyl (C=O) groups is 2. The number of fused-ring (bicyclic) bond motifs is 1. The Morgan fingerprint density at radius 2 is 1.92 bits per heavy atom. The summed E-state index contributed by atoms with van der Waals surface area (Å²) < 4.78 is 5.60. The molecule has 0 fully saturated rings. The summed E-state index contributed by atoms with van der Waals surface area (Å²) in [6, 6.07) is 14.6. The summed E-state index contributed by atoms with van der Waals surface area (Å²) in [4.78, 5) is 27.1. The maximum absolute atomic E-state index is 12.8. The number of carbonyl (C=O) groups excluding carboxylic acids is 2. The zero-order valence-corrected chi connectivity index (χ0v) is 14.8. The molecule has 1 heterocycles. The molecule has 0 spiro atoms. The van der Waals surface area contributed by atoms with E-state index in [1.54, 1.807) is 40.9 Å². The van der Waals surface area contributed by atoms with Gasteiger partial charge in [-0.25, -0.2) is 0 Å². The predicted molar refractivity (Wildman–Crippen MR) is 99.2 cm³/mol. The topological polar surface area (TPSA) is 72.6 Å². The largest absolute Gasteiger partial charge is 0.483 e. The van der Waals surface area contributed by atoms with Crippen LogP contribution in [0.15, 0.2) is 53.4 Å². The number of hydrogen-bond donors (Lipinski definition) is 1. The van der Waals surface area contributed by atoms with Crippen LogP contribution in [0.5, 0.6) is 5.75 Å². The number of benzene rings is 2. The van der Waals surface area contributed by atoms with Gasteiger partial charge in [-0.15, -0.1) is 11.8 Å². The third-order valence-electron chi connectivity index (χ3n) is 4.05. The van der Waals surface area contributed by atoms with Crippen LogP contribution in [0.1, 0.15) is 23.7 Å². The van der Waals surface area contributed by atoms with Crippen LogP contribution in [0.4, 0.5) is 5.69 Å². The Bertz CT molecular complexity index is 794. The lowest BCUT2D eigenvalue weighted by Gasteiger charge is -2.22. The van der Waals surface area contributed by atoms with Gasteiger partial charge in [0, 0.05) is 16.7 Å². The van der Waals surface area contributed by atoms with Crippen molar-refractivity contribution in [2.75, 3.05) is 18.1 Å². The molecule has 0 saturated heterocycles. The highest BCUT2D eigenvalue weighted by Crippen LogP contribution is 2.37. The summed E-state index contributed by atoms with van der Waals surface area (Å²) >= 11 is 1.78. The molecule has 0 unspecified atom stereocenters. The van der Waals surface area contributed by atoms with Gasteiger partial charge in [-0.3, -0.25) is 9.59 Å². The normalized spacial score (nSPS) is 16.7. The van der Waals surface area contributed by atoms with E-state index in [4.69, 9.17) is 10.5 Å². The van der Waals surface area contributed by atoms with Crippen molar-refractivity contribution >= 4 is 29.3 Å². The van der Waals surface area contributed by atoms with Crippen molar-refractivity contribution in [3.63, 3.8) is 0 Å². The Labute approximate surface area is 151 Å². The molecule has 0 bridgehead atoms. The van der Waals surface area contributed by atoms with Gasteiger partial charge in [0.1, 0.15) is 5.75 Å². The van der Waals surface area contributed by atoms with Gasteiger partial charge in [0.05, 0.1) is 11.3 Å². The predicted octanol–water partition coefficient (Wildman–Crippen LogP) is 3.08. The van der Waals surface area contributed by atoms with Gasteiger partial charge in [-0.05, 0) is 30.7 Å². The molecule has 5 nitrogen and oxygen atoms in total. The molecular formula is C19H20N2O3S. The SMILES string of the molecule is C[C@@H]1CCN(C(=O)COc2ccccc2C(N)=O)c2ccccc2S1. The first kappa shape index (κ1) is 17.4. The number of primary amides is 1. The molecule has 2 aromatic rings. The molecule has 2 N–H and O–H groups in total. The molecule has 2 amide bonds. The third-order valence-corrected chi connectivity index (χ3v) is 5.29. The standard InChI is InChI=1S/C19H20N2O3S/c1-13-10-11-21(15-7-3-5-9-17(15)25-13)18(22)12-24-16-8-4-2-6-14(16)19(20)23/h2-9,13H,10-12H2,1H3,(H2,20,23)/t13-/m1/s1. The van der Waals surface area contributed by atoms with E-state index in [2.05, 4.69) is 6.92 Å². The third kappa shape index (κ3) is 3.96. The highest BCUT2D eigenvalue weighted by atomic mass is 32.2. The van der Waals surface area contributed by atoms with Crippen LogP contribution in [0.3, 0.4) is 0 Å². The van der Waals surface area contributed by atoms with Gasteiger partial charge in [0.25, 0.3) is 11.8 Å². The van der Waals surface area contributed by atoms with Crippen molar-refractivity contribution in [1.82, 2.24) is 0 Å². The number of ether oxygens (including phenoxy) is 1. The number of amides is 2. The second kappa shape index (κ2) is 7.61. The molecular weight excluding hydrogens is 336 g/mol. The minimum Gasteiger partial charge on any atom is -0.483 e. The quantitative estimate of drug-likeness (QED) is 0.914. The monoisotopic (exact) mass is 356 g/mol. The highest BCUT2D eigenvalue weighted by Gasteiger charge is 2.24. The maximum Gasteiger partial charge on any atom is 0.264 e. The lowest BCUT2D eigenvalue weighted by atomic mass is 10.2. The van der Waals surface area contributed by atoms with E-state index in [9.17, 15) is 9.59 Å². The molecule has 130 valence electrons. The number of para-hydroxylation sites is 2. The van der Waals surface area contributed by atoms with Gasteiger partial charge in [0.2, 0.25) is 0 Å². The molecule has 0 radical (unpaired) electrons. The minimum atomic E-state index is -0.576. The van der Waals surface area contributed by atoms with E-state index < -0.39 is 5.91 Å². The zero-order valence-electron chi connectivity index (χ0n) is 14.0. The van der Waals surface area contributed by atoms with Gasteiger partial charge < -0.3 is 15.4 Å². The number of hydrogen-bond acceptors (Lipinski definition) is 4. The van der Waals surface area contributed by atoms with Crippen LogP contribution in [-0.2, 0) is 4.79 Å². The van der Waals surface area contributed by atoms with Crippen molar-refractivity contribution in [2.24, 2.45) is 5.73 Å². The summed E-state index contributed by atoms with van der Waals surface area (Å²) in [6.07, 6.45) is 0.906. The molecule has 2 aromatic carbocycles. The first-order valence-corrected chi connectivity index (χ1v) is 9.02. The Kier molecular flexibility index (Phi) is 5.28. The molecule has 1 aliphatic heterocycles. The first-order chi connectivity index (χ1) is 12.1. The number of nitrogens with two attached hydrogens (primary N) is 1. The number of rotatable bonds is 4. The van der Waals surface area contributed by atoms with E-state index in [0.29, 0.717) is 17.5 Å². The van der Waals surface area contributed by atoms with Crippen LogP contribution in [0.25, 0.3) is 0 Å². The van der Waals surface area contributed by atoms with E-state index in [-0.39, 0.29) is 18.1 Å². The fourth-order valence-electron chi connectivity index (χ4n) is 2.76. The summed E-state index contributed by atoms with van der Waals surface area (Å²) in [5.74, 6) is -0.385. The maximum atomic E-state index is 12.8. The molecule has 1 atom stereocenters. The Morgan fingerprint density at radius 3 is 2.72 bits per heavy atom. The van der Waals surface area contributed by atoms with E-state index in [1.165, 1.54) is 0 Å². The highest BCUT2D eigenvalue weighted by molar-refractivity contribution is 8.00. The lowest BCUT2D eigenvalue weighted by molar-refractivity contribution is -0.120. The number of thioether (sulfide) groups is 1. The Hall–Kier alpha value is -2.47. The summed E-state index contributed by atoms with van der Waals surface area (Å²) in [6.45, 7) is 2.66. The Balaban J connectivity index is 1.77. The fraction of sp³-hybridized carbons (Fsp3) is 0.263. The average Bonchev–Trinajstić information content (AvgIpc) is 2.78. The number of anilines is 1. The fourth-order valence-corrected chi connectivity index (χ4v) is 3.87. The lowest BCUT2D eigenvalue weighted by Crippen LogP contribution is -2.36. The van der Waals surface area contributed by atoms with Crippen molar-refractivity contribution < 1.29 is 14.3 Å². The zero-order chi connectivity index (χ0) is 17.8. The minimum absolute atomic E-state index is 0.138. The van der Waals surface area contributed by atoms with Crippen LogP contribution < -0.4 is 15.4 Å². The summed E-state index contributed by atoms with van der Waals surface area (Å²) in [5.41, 5.74) is 6.53. The second-order valence-electron chi connectivity index (χ2n) is 5.88. The van der Waals surface area contributed by atoms with Gasteiger partial charge >= 0.3 is 0 Å².